The van der Waals surface area contributed by atoms with Gasteiger partial charge in [0.05, 0.1) is 0 Å². The quantitative estimate of drug-likeness (QED) is 0.820. The fraction of sp³-hybridized carbons (Fsp3) is 0.647. The van der Waals surface area contributed by atoms with E-state index >= 15 is 0 Å². The number of nitrogen functional groups attached to an aromatic ring is 1. The Morgan fingerprint density at radius 2 is 1.89 bits per heavy atom. The molecule has 0 atom stereocenters. The Balaban J connectivity index is 1.69. The van der Waals surface area contributed by atoms with Gasteiger partial charge in [-0.25, -0.2) is 0 Å². The predicted molar refractivity (Wildman–Crippen MR) is 83.2 cm³/mol. The van der Waals surface area contributed by atoms with Gasteiger partial charge in [-0.1, -0.05) is 32.0 Å². The molecule has 1 aromatic rings. The molecule has 0 amide bonds. The summed E-state index contributed by atoms with van der Waals surface area (Å²) in [6, 6.07) is 8.25. The summed E-state index contributed by atoms with van der Waals surface area (Å²) in [4.78, 5) is 2.62. The van der Waals surface area contributed by atoms with Crippen molar-refractivity contribution in [3.05, 3.63) is 29.8 Å². The smallest absolute Gasteiger partial charge is 0.0346 e. The lowest BCUT2D eigenvalue weighted by molar-refractivity contribution is 0.157. The normalized spacial score (nSPS) is 18.1. The minimum atomic E-state index is 0.853. The van der Waals surface area contributed by atoms with Crippen LogP contribution >= 0.6 is 0 Å². The molecule has 0 unspecified atom stereocenters. The number of nitrogens with two attached hydrogens (primary N) is 1. The van der Waals surface area contributed by atoms with Gasteiger partial charge in [0.2, 0.25) is 0 Å². The Bertz CT molecular complexity index is 379. The van der Waals surface area contributed by atoms with E-state index in [1.165, 1.54) is 44.5 Å². The average Bonchev–Trinajstić information content (AvgIpc) is 2.41. The van der Waals surface area contributed by atoms with Gasteiger partial charge in [-0.05, 0) is 68.8 Å². The van der Waals surface area contributed by atoms with Gasteiger partial charge in [0.15, 0.2) is 0 Å². The first kappa shape index (κ1) is 14.4. The molecule has 1 heterocycles. The molecule has 0 bridgehead atoms. The van der Waals surface area contributed by atoms with Crippen LogP contribution in [0.4, 0.5) is 5.69 Å². The maximum Gasteiger partial charge on any atom is 0.0346 e. The number of nitrogens with zero attached hydrogens (tertiary/aromatic N) is 1. The number of aryl methyl sites for hydroxylation is 1. The third-order valence-electron chi connectivity index (χ3n) is 4.55. The van der Waals surface area contributed by atoms with E-state index in [9.17, 15) is 0 Å². The van der Waals surface area contributed by atoms with Crippen molar-refractivity contribution in [1.29, 1.82) is 0 Å². The highest BCUT2D eigenvalue weighted by Crippen LogP contribution is 2.24. The number of piperidine rings is 1. The highest BCUT2D eigenvalue weighted by molar-refractivity contribution is 5.46. The zero-order valence-electron chi connectivity index (χ0n) is 12.4. The lowest BCUT2D eigenvalue weighted by atomic mass is 9.86. The molecule has 2 heteroatoms. The van der Waals surface area contributed by atoms with Crippen molar-refractivity contribution in [2.24, 2.45) is 11.8 Å². The van der Waals surface area contributed by atoms with Crippen molar-refractivity contribution < 1.29 is 0 Å². The van der Waals surface area contributed by atoms with E-state index in [4.69, 9.17) is 5.73 Å². The largest absolute Gasteiger partial charge is 0.399 e. The summed E-state index contributed by atoms with van der Waals surface area (Å²) < 4.78 is 0. The highest BCUT2D eigenvalue weighted by atomic mass is 15.1. The van der Waals surface area contributed by atoms with Crippen LogP contribution in [-0.4, -0.2) is 24.5 Å². The molecule has 19 heavy (non-hydrogen) atoms. The van der Waals surface area contributed by atoms with E-state index < -0.39 is 0 Å². The van der Waals surface area contributed by atoms with Crippen LogP contribution in [0.3, 0.4) is 0 Å². The van der Waals surface area contributed by atoms with Crippen LogP contribution in [0.5, 0.6) is 0 Å². The number of rotatable bonds is 5. The monoisotopic (exact) mass is 260 g/mol. The first-order valence-corrected chi connectivity index (χ1v) is 7.72. The van der Waals surface area contributed by atoms with Gasteiger partial charge in [0.25, 0.3) is 0 Å². The van der Waals surface area contributed by atoms with Crippen LogP contribution < -0.4 is 5.73 Å². The molecule has 0 aromatic heterocycles. The summed E-state index contributed by atoms with van der Waals surface area (Å²) in [5.74, 6) is 1.80. The zero-order chi connectivity index (χ0) is 13.7. The number of hydrogen-bond donors (Lipinski definition) is 1. The van der Waals surface area contributed by atoms with Crippen molar-refractivity contribution in [2.45, 2.75) is 39.5 Å². The van der Waals surface area contributed by atoms with Crippen LogP contribution in [0.15, 0.2) is 24.3 Å². The van der Waals surface area contributed by atoms with E-state index in [0.717, 1.165) is 23.9 Å². The molecule has 1 aliphatic rings. The molecule has 2 nitrogen and oxygen atoms in total. The molecule has 2 rings (SSSR count). The van der Waals surface area contributed by atoms with Crippen molar-refractivity contribution >= 4 is 5.69 Å². The van der Waals surface area contributed by atoms with Gasteiger partial charge >= 0.3 is 0 Å². The van der Waals surface area contributed by atoms with Gasteiger partial charge in [-0.2, -0.15) is 0 Å². The molecule has 1 saturated heterocycles. The second-order valence-corrected chi connectivity index (χ2v) is 6.23. The van der Waals surface area contributed by atoms with Crippen molar-refractivity contribution in [3.8, 4) is 0 Å². The van der Waals surface area contributed by atoms with E-state index in [1.54, 1.807) is 0 Å². The maximum absolute atomic E-state index is 5.98. The van der Waals surface area contributed by atoms with Crippen LogP contribution in [0.2, 0.25) is 0 Å². The first-order chi connectivity index (χ1) is 9.16. The van der Waals surface area contributed by atoms with E-state index in [1.807, 2.05) is 12.1 Å². The third-order valence-corrected chi connectivity index (χ3v) is 4.55. The Labute approximate surface area is 118 Å². The number of benzene rings is 1. The van der Waals surface area contributed by atoms with Crippen molar-refractivity contribution in [2.75, 3.05) is 25.4 Å². The van der Waals surface area contributed by atoms with E-state index in [0.29, 0.717) is 0 Å². The first-order valence-electron chi connectivity index (χ1n) is 7.72. The predicted octanol–water partition coefficient (Wildman–Crippen LogP) is 3.57. The molecule has 1 aliphatic heterocycles. The molecule has 106 valence electrons. The minimum Gasteiger partial charge on any atom is -0.399 e. The molecule has 2 N–H and O–H groups in total. The lowest BCUT2D eigenvalue weighted by Crippen LogP contribution is -2.36. The number of likely N-dealkylation sites (tertiary alicyclic amines) is 1. The number of para-hydroxylation sites is 1. The maximum atomic E-state index is 5.98. The average molecular weight is 260 g/mol. The Kier molecular flexibility index (Phi) is 5.26. The summed E-state index contributed by atoms with van der Waals surface area (Å²) in [7, 11) is 0. The summed E-state index contributed by atoms with van der Waals surface area (Å²) >= 11 is 0. The molecule has 0 saturated carbocycles. The Morgan fingerprint density at radius 3 is 2.53 bits per heavy atom. The summed E-state index contributed by atoms with van der Waals surface area (Å²) in [5, 5.41) is 0. The fourth-order valence-electron chi connectivity index (χ4n) is 3.10. The molecular weight excluding hydrogens is 232 g/mol. The third kappa shape index (κ3) is 4.24. The van der Waals surface area contributed by atoms with Crippen LogP contribution in [0.25, 0.3) is 0 Å². The Hall–Kier alpha value is -1.02. The summed E-state index contributed by atoms with van der Waals surface area (Å²) in [5.41, 5.74) is 8.23. The van der Waals surface area contributed by atoms with Crippen molar-refractivity contribution in [3.63, 3.8) is 0 Å². The zero-order valence-corrected chi connectivity index (χ0v) is 12.4. The van der Waals surface area contributed by atoms with Crippen LogP contribution in [0.1, 0.15) is 38.7 Å². The van der Waals surface area contributed by atoms with Gasteiger partial charge in [-0.3, -0.25) is 0 Å². The van der Waals surface area contributed by atoms with Gasteiger partial charge in [0.1, 0.15) is 0 Å². The second-order valence-electron chi connectivity index (χ2n) is 6.23. The molecular formula is C17H28N2. The lowest BCUT2D eigenvalue weighted by Gasteiger charge is -2.33. The highest BCUT2D eigenvalue weighted by Gasteiger charge is 2.20. The molecule has 1 fully saturated rings. The number of anilines is 1. The molecule has 1 aromatic carbocycles. The van der Waals surface area contributed by atoms with Crippen LogP contribution in [-0.2, 0) is 6.42 Å². The molecule has 0 aliphatic carbocycles. The van der Waals surface area contributed by atoms with Gasteiger partial charge < -0.3 is 10.6 Å². The van der Waals surface area contributed by atoms with Crippen LogP contribution in [0, 0.1) is 11.8 Å². The van der Waals surface area contributed by atoms with Gasteiger partial charge in [-0.15, -0.1) is 0 Å². The van der Waals surface area contributed by atoms with E-state index in [-0.39, 0.29) is 0 Å². The van der Waals surface area contributed by atoms with Gasteiger partial charge in [0, 0.05) is 5.69 Å². The minimum absolute atomic E-state index is 0.853. The standard InChI is InChI=1S/C17H28N2/c1-14(2)15-9-12-19(13-10-15)11-5-7-16-6-3-4-8-17(16)18/h3-4,6,8,14-15H,5,7,9-13,18H2,1-2H3. The summed E-state index contributed by atoms with van der Waals surface area (Å²) in [6.45, 7) is 8.51. The van der Waals surface area contributed by atoms with E-state index in [2.05, 4.69) is 30.9 Å². The molecule has 0 radical (unpaired) electrons. The second kappa shape index (κ2) is 6.95. The topological polar surface area (TPSA) is 29.3 Å². The fourth-order valence-corrected chi connectivity index (χ4v) is 3.10. The summed E-state index contributed by atoms with van der Waals surface area (Å²) in [6.07, 6.45) is 5.09. The number of hydrogen-bond acceptors (Lipinski definition) is 2. The Morgan fingerprint density at radius 1 is 1.21 bits per heavy atom. The van der Waals surface area contributed by atoms with Crippen molar-refractivity contribution in [1.82, 2.24) is 4.90 Å². The SMILES string of the molecule is CC(C)C1CCN(CCCc2ccccc2N)CC1. The molecule has 0 spiro atoms.